The zero-order valence-corrected chi connectivity index (χ0v) is 5.98. The number of alkyl halides is 1. The zero-order chi connectivity index (χ0) is 6.57. The number of hydrogen-bond acceptors (Lipinski definition) is 2. The van der Waals surface area contributed by atoms with Crippen molar-refractivity contribution in [3.63, 3.8) is 0 Å². The Kier molecular flexibility index (Phi) is 4.23. The average Bonchev–Trinajstić information content (AvgIpc) is 1.84. The first kappa shape index (κ1) is 8.21. The van der Waals surface area contributed by atoms with Gasteiger partial charge in [0.05, 0.1) is 6.10 Å². The minimum atomic E-state index is -0.0401. The Morgan fingerprint density at radius 2 is 2.25 bits per heavy atom. The molecule has 0 aromatic rings. The van der Waals surface area contributed by atoms with Gasteiger partial charge in [-0.3, -0.25) is 0 Å². The summed E-state index contributed by atoms with van der Waals surface area (Å²) in [6, 6.07) is -0.0401. The second kappa shape index (κ2) is 4.13. The van der Waals surface area contributed by atoms with Crippen LogP contribution in [-0.4, -0.2) is 25.1 Å². The van der Waals surface area contributed by atoms with Crippen LogP contribution < -0.4 is 5.73 Å². The van der Waals surface area contributed by atoms with E-state index in [0.29, 0.717) is 5.88 Å². The number of methoxy groups -OCH3 is 1. The lowest BCUT2D eigenvalue weighted by atomic mass is 10.2. The molecule has 0 bridgehead atoms. The van der Waals surface area contributed by atoms with Crippen LogP contribution in [0.5, 0.6) is 0 Å². The van der Waals surface area contributed by atoms with E-state index >= 15 is 0 Å². The van der Waals surface area contributed by atoms with Gasteiger partial charge in [0.25, 0.3) is 0 Å². The molecule has 0 aliphatic rings. The average molecular weight is 138 g/mol. The van der Waals surface area contributed by atoms with Gasteiger partial charge in [-0.05, 0) is 6.92 Å². The van der Waals surface area contributed by atoms with Crippen LogP contribution in [0.2, 0.25) is 0 Å². The fourth-order valence-electron chi connectivity index (χ4n) is 0.300. The Morgan fingerprint density at radius 1 is 1.75 bits per heavy atom. The molecule has 0 saturated carbocycles. The van der Waals surface area contributed by atoms with Gasteiger partial charge in [-0.25, -0.2) is 0 Å². The summed E-state index contributed by atoms with van der Waals surface area (Å²) in [7, 11) is 1.62. The van der Waals surface area contributed by atoms with Gasteiger partial charge in [0.15, 0.2) is 0 Å². The molecule has 2 N–H and O–H groups in total. The molecule has 0 radical (unpaired) electrons. The Bertz CT molecular complexity index is 52.4. The largest absolute Gasteiger partial charge is 0.380 e. The smallest absolute Gasteiger partial charge is 0.0705 e. The standard InChI is InChI=1S/C5H12ClNO/c1-4(8-2)5(7)3-6/h4-5H,3,7H2,1-2H3/t4-,5-/m1/s1. The molecule has 2 nitrogen and oxygen atoms in total. The summed E-state index contributed by atoms with van der Waals surface area (Å²) in [6.07, 6.45) is 0.0625. The number of nitrogens with two attached hydrogens (primary N) is 1. The van der Waals surface area contributed by atoms with Gasteiger partial charge in [0.2, 0.25) is 0 Å². The van der Waals surface area contributed by atoms with Crippen molar-refractivity contribution in [3.05, 3.63) is 0 Å². The summed E-state index contributed by atoms with van der Waals surface area (Å²) < 4.78 is 4.89. The van der Waals surface area contributed by atoms with Crippen LogP contribution in [0.25, 0.3) is 0 Å². The number of ether oxygens (including phenoxy) is 1. The predicted octanol–water partition coefficient (Wildman–Crippen LogP) is 0.587. The molecule has 0 unspecified atom stereocenters. The third-order valence-electron chi connectivity index (χ3n) is 1.15. The number of halogens is 1. The van der Waals surface area contributed by atoms with Crippen LogP contribution in [-0.2, 0) is 4.74 Å². The molecule has 0 rings (SSSR count). The lowest BCUT2D eigenvalue weighted by molar-refractivity contribution is 0.102. The van der Waals surface area contributed by atoms with Crippen LogP contribution >= 0.6 is 11.6 Å². The van der Waals surface area contributed by atoms with E-state index in [1.807, 2.05) is 6.92 Å². The summed E-state index contributed by atoms with van der Waals surface area (Å²) in [4.78, 5) is 0. The Morgan fingerprint density at radius 3 is 2.38 bits per heavy atom. The minimum absolute atomic E-state index is 0.0401. The molecule has 0 saturated heterocycles. The molecule has 8 heavy (non-hydrogen) atoms. The van der Waals surface area contributed by atoms with E-state index in [2.05, 4.69) is 0 Å². The third-order valence-corrected chi connectivity index (χ3v) is 1.51. The van der Waals surface area contributed by atoms with E-state index in [1.165, 1.54) is 0 Å². The summed E-state index contributed by atoms with van der Waals surface area (Å²) in [5, 5.41) is 0. The van der Waals surface area contributed by atoms with Crippen molar-refractivity contribution < 1.29 is 4.74 Å². The van der Waals surface area contributed by atoms with E-state index in [-0.39, 0.29) is 12.1 Å². The molecule has 0 fully saturated rings. The summed E-state index contributed by atoms with van der Waals surface area (Å²) in [5.41, 5.74) is 5.47. The van der Waals surface area contributed by atoms with Gasteiger partial charge in [0, 0.05) is 19.0 Å². The van der Waals surface area contributed by atoms with Crippen LogP contribution in [0.1, 0.15) is 6.92 Å². The highest BCUT2D eigenvalue weighted by atomic mass is 35.5. The van der Waals surface area contributed by atoms with Gasteiger partial charge >= 0.3 is 0 Å². The molecule has 50 valence electrons. The van der Waals surface area contributed by atoms with E-state index in [1.54, 1.807) is 7.11 Å². The van der Waals surface area contributed by atoms with Crippen molar-refractivity contribution in [3.8, 4) is 0 Å². The maximum atomic E-state index is 5.47. The monoisotopic (exact) mass is 137 g/mol. The van der Waals surface area contributed by atoms with Crippen molar-refractivity contribution in [2.45, 2.75) is 19.1 Å². The van der Waals surface area contributed by atoms with Crippen LogP contribution in [0.4, 0.5) is 0 Å². The Balaban J connectivity index is 3.29. The lowest BCUT2D eigenvalue weighted by Crippen LogP contribution is -2.35. The number of rotatable bonds is 3. The molecule has 0 aromatic carbocycles. The van der Waals surface area contributed by atoms with Crippen molar-refractivity contribution in [1.82, 2.24) is 0 Å². The highest BCUT2D eigenvalue weighted by Gasteiger charge is 2.08. The molecule has 0 spiro atoms. The lowest BCUT2D eigenvalue weighted by Gasteiger charge is -2.14. The van der Waals surface area contributed by atoms with Crippen LogP contribution in [0.15, 0.2) is 0 Å². The predicted molar refractivity (Wildman–Crippen MR) is 35.2 cm³/mol. The van der Waals surface area contributed by atoms with Crippen LogP contribution in [0.3, 0.4) is 0 Å². The first-order valence-electron chi connectivity index (χ1n) is 2.56. The molecule has 0 aliphatic heterocycles. The SMILES string of the molecule is CO[C@H](C)[C@H](N)CCl. The summed E-state index contributed by atoms with van der Waals surface area (Å²) >= 11 is 5.42. The van der Waals surface area contributed by atoms with E-state index in [9.17, 15) is 0 Å². The highest BCUT2D eigenvalue weighted by Crippen LogP contribution is 1.94. The van der Waals surface area contributed by atoms with E-state index in [0.717, 1.165) is 0 Å². The molecule has 0 aliphatic carbocycles. The molecule has 2 atom stereocenters. The summed E-state index contributed by atoms with van der Waals surface area (Å²) in [6.45, 7) is 1.90. The minimum Gasteiger partial charge on any atom is -0.380 e. The molecular formula is C5H12ClNO. The van der Waals surface area contributed by atoms with Crippen LogP contribution in [0, 0.1) is 0 Å². The van der Waals surface area contributed by atoms with Crippen molar-refractivity contribution in [1.29, 1.82) is 0 Å². The first-order chi connectivity index (χ1) is 3.72. The van der Waals surface area contributed by atoms with Crippen molar-refractivity contribution in [2.75, 3.05) is 13.0 Å². The van der Waals surface area contributed by atoms with E-state index < -0.39 is 0 Å². The van der Waals surface area contributed by atoms with Gasteiger partial charge in [0.1, 0.15) is 0 Å². The molecule has 0 amide bonds. The van der Waals surface area contributed by atoms with Gasteiger partial charge in [-0.15, -0.1) is 11.6 Å². The quantitative estimate of drug-likeness (QED) is 0.578. The molecule has 0 aromatic heterocycles. The molecular weight excluding hydrogens is 126 g/mol. The summed E-state index contributed by atoms with van der Waals surface area (Å²) in [5.74, 6) is 0.453. The first-order valence-corrected chi connectivity index (χ1v) is 3.10. The third kappa shape index (κ3) is 2.50. The molecule has 3 heteroatoms. The molecule has 0 heterocycles. The Hall–Kier alpha value is 0.210. The zero-order valence-electron chi connectivity index (χ0n) is 5.23. The van der Waals surface area contributed by atoms with E-state index in [4.69, 9.17) is 22.1 Å². The van der Waals surface area contributed by atoms with Gasteiger partial charge < -0.3 is 10.5 Å². The topological polar surface area (TPSA) is 35.2 Å². The Labute approximate surface area is 55.0 Å². The second-order valence-electron chi connectivity index (χ2n) is 1.76. The highest BCUT2D eigenvalue weighted by molar-refractivity contribution is 6.18. The second-order valence-corrected chi connectivity index (χ2v) is 2.07. The van der Waals surface area contributed by atoms with Crippen molar-refractivity contribution in [2.24, 2.45) is 5.73 Å². The van der Waals surface area contributed by atoms with Gasteiger partial charge in [-0.2, -0.15) is 0 Å². The van der Waals surface area contributed by atoms with Crippen molar-refractivity contribution >= 4 is 11.6 Å². The normalized spacial score (nSPS) is 18.0. The maximum Gasteiger partial charge on any atom is 0.0705 e. The number of hydrogen-bond donors (Lipinski definition) is 1. The van der Waals surface area contributed by atoms with Gasteiger partial charge in [-0.1, -0.05) is 0 Å². The maximum absolute atomic E-state index is 5.47. The fraction of sp³-hybridized carbons (Fsp3) is 1.00. The fourth-order valence-corrected chi connectivity index (χ4v) is 0.551.